The van der Waals surface area contributed by atoms with Gasteiger partial charge in [0.2, 0.25) is 0 Å². The Bertz CT molecular complexity index is 2380. The maximum Gasteiger partial charge on any atom is 0.411 e. The fourth-order valence-electron chi connectivity index (χ4n) is 6.12. The number of carbonyl (C=O) groups is 4. The highest BCUT2D eigenvalue weighted by Gasteiger charge is 2.28. The molecule has 2 heterocycles. The Balaban J connectivity index is 0.000000241. The van der Waals surface area contributed by atoms with Crippen molar-refractivity contribution in [3.05, 3.63) is 130 Å². The van der Waals surface area contributed by atoms with E-state index in [-0.39, 0.29) is 23.1 Å². The van der Waals surface area contributed by atoms with Crippen molar-refractivity contribution in [3.63, 3.8) is 0 Å². The van der Waals surface area contributed by atoms with Crippen molar-refractivity contribution < 1.29 is 28.7 Å². The second-order valence-corrected chi connectivity index (χ2v) is 16.0. The summed E-state index contributed by atoms with van der Waals surface area (Å²) in [6.45, 7) is 7.31. The highest BCUT2D eigenvalue weighted by Crippen LogP contribution is 2.30. The van der Waals surface area contributed by atoms with Crippen LogP contribution in [0.5, 0.6) is 0 Å². The third-order valence-corrected chi connectivity index (χ3v) is 11.2. The van der Waals surface area contributed by atoms with Gasteiger partial charge in [-0.2, -0.15) is 20.7 Å². The van der Waals surface area contributed by atoms with Crippen molar-refractivity contribution in [3.8, 4) is 12.1 Å². The van der Waals surface area contributed by atoms with E-state index in [1.54, 1.807) is 48.5 Å². The molecular weight excluding hydrogens is 853 g/mol. The van der Waals surface area contributed by atoms with Crippen LogP contribution in [0.1, 0.15) is 66.1 Å². The van der Waals surface area contributed by atoms with Gasteiger partial charge in [-0.25, -0.2) is 19.6 Å². The molecule has 332 valence electrons. The van der Waals surface area contributed by atoms with Gasteiger partial charge in [0.05, 0.1) is 60.5 Å². The van der Waals surface area contributed by atoms with Gasteiger partial charge in [-0.15, -0.1) is 0 Å². The van der Waals surface area contributed by atoms with Crippen LogP contribution >= 0.6 is 23.5 Å². The molecule has 0 saturated carbocycles. The molecule has 4 aromatic rings. The van der Waals surface area contributed by atoms with Crippen LogP contribution in [0.4, 0.5) is 30.6 Å². The first-order chi connectivity index (χ1) is 31.1. The number of hydrogen-bond acceptors (Lipinski definition) is 14. The second kappa shape index (κ2) is 25.4. The SMILES string of the molecule is CCNCCCOC(=O)Nc1cccc(C(C)N2N=C(c3ccc(C#N)cc3)CSC2=O)c1.CNCCCOC(=O)Nc1cccc(CN2N=C(c3ccc(C#N)cc3)CSC2=O)c1. The molecule has 0 fully saturated rings. The third kappa shape index (κ3) is 15.0. The van der Waals surface area contributed by atoms with Crippen LogP contribution in [0.15, 0.2) is 107 Å². The zero-order valence-corrected chi connectivity index (χ0v) is 37.5. The minimum atomic E-state index is -0.515. The monoisotopic (exact) mass is 902 g/mol. The van der Waals surface area contributed by atoms with Crippen LogP contribution < -0.4 is 21.3 Å². The van der Waals surface area contributed by atoms with Crippen molar-refractivity contribution in [1.29, 1.82) is 10.5 Å². The molecule has 0 aliphatic carbocycles. The fourth-order valence-corrected chi connectivity index (χ4v) is 7.67. The molecule has 16 nitrogen and oxygen atoms in total. The number of nitrogens with one attached hydrogen (secondary N) is 4. The van der Waals surface area contributed by atoms with Crippen LogP contribution in [0, 0.1) is 22.7 Å². The van der Waals surface area contributed by atoms with Crippen LogP contribution in [-0.2, 0) is 16.0 Å². The minimum Gasteiger partial charge on any atom is -0.449 e. The van der Waals surface area contributed by atoms with Crippen molar-refractivity contribution in [2.45, 2.75) is 39.3 Å². The summed E-state index contributed by atoms with van der Waals surface area (Å²) in [7, 11) is 1.84. The number of carbonyl (C=O) groups excluding carboxylic acids is 4. The molecule has 0 spiro atoms. The molecule has 0 bridgehead atoms. The lowest BCUT2D eigenvalue weighted by Gasteiger charge is -2.29. The first kappa shape index (κ1) is 48.3. The van der Waals surface area contributed by atoms with Gasteiger partial charge in [0.1, 0.15) is 0 Å². The van der Waals surface area contributed by atoms with E-state index >= 15 is 0 Å². The summed E-state index contributed by atoms with van der Waals surface area (Å²) >= 11 is 2.37. The molecule has 0 radical (unpaired) electrons. The van der Waals surface area contributed by atoms with Crippen LogP contribution in [0.2, 0.25) is 0 Å². The number of hydrogen-bond donors (Lipinski definition) is 4. The van der Waals surface area contributed by atoms with E-state index in [0.717, 1.165) is 66.2 Å². The summed E-state index contributed by atoms with van der Waals surface area (Å²) in [6.07, 6.45) is 0.450. The Hall–Kier alpha value is -6.70. The number of ether oxygens (including phenoxy) is 2. The lowest BCUT2D eigenvalue weighted by molar-refractivity contribution is 0.159. The summed E-state index contributed by atoms with van der Waals surface area (Å²) < 4.78 is 10.3. The van der Waals surface area contributed by atoms with E-state index < -0.39 is 12.2 Å². The number of thioether (sulfide) groups is 2. The molecule has 18 heteroatoms. The molecule has 0 saturated heterocycles. The number of amides is 4. The summed E-state index contributed by atoms with van der Waals surface area (Å²) in [5, 5.41) is 41.2. The number of benzene rings is 4. The van der Waals surface area contributed by atoms with Gasteiger partial charge in [-0.1, -0.05) is 79.0 Å². The van der Waals surface area contributed by atoms with Crippen LogP contribution in [0.25, 0.3) is 0 Å². The normalized spacial score (nSPS) is 13.8. The van der Waals surface area contributed by atoms with Gasteiger partial charge in [0.15, 0.2) is 0 Å². The van der Waals surface area contributed by atoms with Crippen molar-refractivity contribution in [1.82, 2.24) is 20.7 Å². The summed E-state index contributed by atoms with van der Waals surface area (Å²) in [5.41, 5.74) is 7.27. The molecule has 4 aromatic carbocycles. The van der Waals surface area contributed by atoms with E-state index in [4.69, 9.17) is 20.0 Å². The van der Waals surface area contributed by atoms with Crippen LogP contribution in [-0.4, -0.2) is 95.5 Å². The quantitative estimate of drug-likeness (QED) is 0.0734. The Morgan fingerprint density at radius 3 is 1.88 bits per heavy atom. The van der Waals surface area contributed by atoms with Crippen molar-refractivity contribution in [2.75, 3.05) is 62.0 Å². The van der Waals surface area contributed by atoms with E-state index in [1.165, 1.54) is 33.5 Å². The molecule has 4 N–H and O–H groups in total. The topological polar surface area (TPSA) is 214 Å². The van der Waals surface area contributed by atoms with E-state index in [1.807, 2.05) is 69.4 Å². The summed E-state index contributed by atoms with van der Waals surface area (Å²) in [5.74, 6) is 0.942. The molecular formula is C46H50N10O6S2. The zero-order chi connectivity index (χ0) is 45.7. The Labute approximate surface area is 381 Å². The average Bonchev–Trinajstić information content (AvgIpc) is 3.31. The highest BCUT2D eigenvalue weighted by molar-refractivity contribution is 8.14. The van der Waals surface area contributed by atoms with Crippen LogP contribution in [0.3, 0.4) is 0 Å². The highest BCUT2D eigenvalue weighted by atomic mass is 32.2. The smallest absolute Gasteiger partial charge is 0.411 e. The number of rotatable bonds is 17. The first-order valence-electron chi connectivity index (χ1n) is 20.6. The van der Waals surface area contributed by atoms with Gasteiger partial charge in [0.25, 0.3) is 0 Å². The summed E-state index contributed by atoms with van der Waals surface area (Å²) in [6, 6.07) is 32.7. The fraction of sp³-hybridized carbons (Fsp3) is 0.304. The summed E-state index contributed by atoms with van der Waals surface area (Å²) in [4.78, 5) is 48.9. The number of nitrogens with zero attached hydrogens (tertiary/aromatic N) is 6. The maximum atomic E-state index is 12.6. The third-order valence-electron chi connectivity index (χ3n) is 9.50. The van der Waals surface area contributed by atoms with Gasteiger partial charge >= 0.3 is 22.7 Å². The molecule has 6 rings (SSSR count). The van der Waals surface area contributed by atoms with Crippen molar-refractivity contribution >= 4 is 69.0 Å². The standard InChI is InChI=1S/C24H27N5O3S.C22H23N5O3S/c1-3-26-12-5-13-32-23(30)27-21-7-4-6-20(14-21)17(2)29-24(31)33-16-22(28-29)19-10-8-18(15-25)9-11-19;1-24-10-3-11-30-21(28)25-19-5-2-4-17(12-19)14-27-22(29)31-15-20(26-27)18-8-6-16(13-23)7-9-18/h4,6-11,14,17,26H,3,5,12-13,16H2,1-2H3,(H,27,30);2,4-9,12,24H,3,10-11,14-15H2,1H3,(H,25,28). The largest absolute Gasteiger partial charge is 0.449 e. The molecule has 64 heavy (non-hydrogen) atoms. The van der Waals surface area contributed by atoms with Gasteiger partial charge in [-0.05, 0) is 117 Å². The van der Waals surface area contributed by atoms with Gasteiger partial charge < -0.3 is 20.1 Å². The Kier molecular flexibility index (Phi) is 19.2. The van der Waals surface area contributed by atoms with E-state index in [0.29, 0.717) is 47.2 Å². The molecule has 4 amide bonds. The predicted octanol–water partition coefficient (Wildman–Crippen LogP) is 8.53. The Morgan fingerprint density at radius 2 is 1.30 bits per heavy atom. The maximum absolute atomic E-state index is 12.6. The van der Waals surface area contributed by atoms with Gasteiger partial charge in [-0.3, -0.25) is 20.2 Å². The van der Waals surface area contributed by atoms with Gasteiger partial charge in [0, 0.05) is 22.9 Å². The number of nitriles is 2. The predicted molar refractivity (Wildman–Crippen MR) is 251 cm³/mol. The zero-order valence-electron chi connectivity index (χ0n) is 35.8. The van der Waals surface area contributed by atoms with Crippen molar-refractivity contribution in [2.24, 2.45) is 10.2 Å². The molecule has 2 aliphatic heterocycles. The molecule has 2 aliphatic rings. The molecule has 1 atom stereocenters. The lowest BCUT2D eigenvalue weighted by Crippen LogP contribution is -2.32. The first-order valence-corrected chi connectivity index (χ1v) is 22.6. The molecule has 1 unspecified atom stereocenters. The second-order valence-electron chi connectivity index (χ2n) is 14.2. The Morgan fingerprint density at radius 1 is 0.750 bits per heavy atom. The minimum absolute atomic E-state index is 0.139. The van der Waals surface area contributed by atoms with E-state index in [2.05, 4.69) is 43.6 Å². The number of anilines is 2. The van der Waals surface area contributed by atoms with E-state index in [9.17, 15) is 19.2 Å². The lowest BCUT2D eigenvalue weighted by atomic mass is 10.1. The average molecular weight is 903 g/mol. The number of hydrazone groups is 2. The molecule has 0 aromatic heterocycles.